The number of pyridine rings is 3. The normalized spacial score (nSPS) is 13.7. The van der Waals surface area contributed by atoms with Gasteiger partial charge in [0.25, 0.3) is 0 Å². The zero-order valence-electron chi connectivity index (χ0n) is 33.9. The summed E-state index contributed by atoms with van der Waals surface area (Å²) in [5.74, 6) is -0.990. The van der Waals surface area contributed by atoms with E-state index in [-0.39, 0.29) is 25.8 Å². The van der Waals surface area contributed by atoms with Crippen LogP contribution in [0.4, 0.5) is 0 Å². The Labute approximate surface area is 360 Å². The van der Waals surface area contributed by atoms with Gasteiger partial charge in [0.1, 0.15) is 5.69 Å². The van der Waals surface area contributed by atoms with Gasteiger partial charge in [0.2, 0.25) is 0 Å². The molecule has 0 saturated heterocycles. The second-order valence-corrected chi connectivity index (χ2v) is 15.2. The maximum atomic E-state index is 10.1. The average molecular weight is 946 g/mol. The monoisotopic (exact) mass is 946 g/mol. The van der Waals surface area contributed by atoms with Crippen molar-refractivity contribution in [3.05, 3.63) is 220 Å². The first-order valence-corrected chi connectivity index (χ1v) is 19.4. The van der Waals surface area contributed by atoms with Gasteiger partial charge >= 0.3 is 5.97 Å². The number of carboxylic acids is 1. The third-order valence-electron chi connectivity index (χ3n) is 11.0. The van der Waals surface area contributed by atoms with E-state index in [9.17, 15) is 4.79 Å². The number of carboxylic acid groups (broad SMARTS) is 1. The Morgan fingerprint density at radius 1 is 0.593 bits per heavy atom. The van der Waals surface area contributed by atoms with Gasteiger partial charge in [-0.1, -0.05) is 100 Å². The number of aryl methyl sites for hydroxylation is 6. The number of aromatic nitrogens is 3. The Morgan fingerprint density at radius 2 is 1.20 bits per heavy atom. The summed E-state index contributed by atoms with van der Waals surface area (Å²) in [5.41, 5.74) is 20.2. The molecule has 0 fully saturated rings. The predicted molar refractivity (Wildman–Crippen MR) is 233 cm³/mol. The molecule has 0 saturated carbocycles. The molecule has 9 rings (SSSR count). The smallest absolute Gasteiger partial charge is 0.354 e. The number of nitrogens with zero attached hydrogens (tertiary/aromatic N) is 3. The van der Waals surface area contributed by atoms with Gasteiger partial charge in [-0.25, -0.2) is 9.78 Å². The van der Waals surface area contributed by atoms with Crippen molar-refractivity contribution in [2.24, 2.45) is 0 Å². The van der Waals surface area contributed by atoms with Crippen molar-refractivity contribution in [2.45, 2.75) is 47.0 Å². The fourth-order valence-corrected chi connectivity index (χ4v) is 8.90. The average Bonchev–Trinajstić information content (AvgIpc) is 3.51. The molecule has 5 aromatic carbocycles. The number of rotatable bonds is 6. The summed E-state index contributed by atoms with van der Waals surface area (Å²) in [6, 6.07) is 53.3. The second-order valence-electron chi connectivity index (χ2n) is 15.2. The quantitative estimate of drug-likeness (QED) is 0.168. The van der Waals surface area contributed by atoms with Gasteiger partial charge in [0, 0.05) is 38.2 Å². The molecule has 59 heavy (non-hydrogen) atoms. The van der Waals surface area contributed by atoms with E-state index in [1.807, 2.05) is 30.5 Å². The topological polar surface area (TPSA) is 76.0 Å². The zero-order chi connectivity index (χ0) is 40.6. The minimum atomic E-state index is -0.990. The van der Waals surface area contributed by atoms with E-state index >= 15 is 0 Å². The maximum absolute atomic E-state index is 10.1. The van der Waals surface area contributed by atoms with Crippen molar-refractivity contribution in [1.29, 1.82) is 0 Å². The van der Waals surface area contributed by atoms with E-state index in [2.05, 4.69) is 150 Å². The van der Waals surface area contributed by atoms with E-state index in [1.165, 1.54) is 84.6 Å². The molecule has 0 aliphatic heterocycles. The van der Waals surface area contributed by atoms with E-state index in [4.69, 9.17) is 15.1 Å². The van der Waals surface area contributed by atoms with Crippen LogP contribution in [0.3, 0.4) is 0 Å². The Bertz CT molecular complexity index is 2670. The molecule has 1 aliphatic carbocycles. The second kappa shape index (κ2) is 16.9. The van der Waals surface area contributed by atoms with Crippen LogP contribution in [-0.4, -0.2) is 26.0 Å². The van der Waals surface area contributed by atoms with Crippen LogP contribution in [0.25, 0.3) is 44.6 Å². The summed E-state index contributed by atoms with van der Waals surface area (Å²) >= 11 is 0. The van der Waals surface area contributed by atoms with E-state index in [0.717, 1.165) is 28.2 Å². The number of carbonyl (C=O) groups is 1. The molecule has 3 heterocycles. The van der Waals surface area contributed by atoms with Gasteiger partial charge in [-0.3, -0.25) is 9.97 Å². The van der Waals surface area contributed by atoms with Crippen LogP contribution in [0.2, 0.25) is 0 Å². The number of hydrogen-bond acceptors (Lipinski definition) is 4. The molecule has 0 amide bonds. The summed E-state index contributed by atoms with van der Waals surface area (Å²) in [5, 5.41) is 8.32. The minimum absolute atomic E-state index is 0. The summed E-state index contributed by atoms with van der Waals surface area (Å²) in [7, 11) is 0. The van der Waals surface area contributed by atoms with Gasteiger partial charge in [0.15, 0.2) is 0 Å². The first-order valence-electron chi connectivity index (χ1n) is 19.4. The van der Waals surface area contributed by atoms with Gasteiger partial charge in [-0.2, -0.15) is 18.2 Å². The molecule has 1 atom stereocenters. The Kier molecular flexibility index (Phi) is 11.7. The molecular weight excluding hydrogens is 903 g/mol. The molecule has 1 N–H and O–H groups in total. The SMILES string of the molecule is Cc1cc(C)c(-c2c[c-]c3c(c2)-c2cc(-c4c(C)cc(C)cc4C)ccc2[C@]3(c2ccccn2)c2cccc(-c3[c-]cccc3)n2)c(C)c1.O=C(O)c1ccccn1.[Ir]. The summed E-state index contributed by atoms with van der Waals surface area (Å²) < 4.78 is 0. The van der Waals surface area contributed by atoms with Crippen LogP contribution in [-0.2, 0) is 25.5 Å². The molecule has 0 spiro atoms. The first-order chi connectivity index (χ1) is 28.1. The number of hydrogen-bond donors (Lipinski definition) is 1. The van der Waals surface area contributed by atoms with Gasteiger partial charge < -0.3 is 5.11 Å². The standard InChI is InChI=1S/C47H38N2.C6H5NO2.Ir/c1-29-23-31(3)45(32(4)24-29)36-18-20-40-38(27-36)39-28-37(46-33(5)25-30(2)26-34(46)6)19-21-41(39)47(40,43-16-10-11-22-48-43)44-17-12-15-42(49-44)35-13-8-7-9-14-35;8-6(9)5-3-1-2-4-7-5;/h7-13,15-20,22-28H,1-6H3;1-4H,(H,8,9);/q-2;;/t47-;;/m0../s1. The van der Waals surface area contributed by atoms with Crippen molar-refractivity contribution >= 4 is 5.97 Å². The zero-order valence-corrected chi connectivity index (χ0v) is 36.3. The Hall–Kier alpha value is -6.33. The Morgan fingerprint density at radius 3 is 1.78 bits per heavy atom. The fraction of sp³-hybridized carbons (Fsp3) is 0.132. The van der Waals surface area contributed by atoms with Crippen LogP contribution in [0.15, 0.2) is 146 Å². The molecule has 8 aromatic rings. The third-order valence-corrected chi connectivity index (χ3v) is 11.0. The molecule has 293 valence electrons. The van der Waals surface area contributed by atoms with Crippen molar-refractivity contribution < 1.29 is 30.0 Å². The molecule has 1 aliphatic rings. The summed E-state index contributed by atoms with van der Waals surface area (Å²) in [6.07, 6.45) is 3.34. The molecule has 5 nitrogen and oxygen atoms in total. The minimum Gasteiger partial charge on any atom is -0.477 e. The van der Waals surface area contributed by atoms with Crippen LogP contribution in [0.5, 0.6) is 0 Å². The molecule has 0 unspecified atom stereocenters. The largest absolute Gasteiger partial charge is 0.477 e. The van der Waals surface area contributed by atoms with Crippen LogP contribution >= 0.6 is 0 Å². The van der Waals surface area contributed by atoms with Crippen molar-refractivity contribution in [1.82, 2.24) is 15.0 Å². The van der Waals surface area contributed by atoms with E-state index in [1.54, 1.807) is 12.1 Å². The number of benzene rings is 5. The Balaban J connectivity index is 0.000000470. The molecule has 3 aromatic heterocycles. The number of aromatic carboxylic acids is 1. The van der Waals surface area contributed by atoms with E-state index in [0.29, 0.717) is 0 Å². The van der Waals surface area contributed by atoms with Gasteiger partial charge in [0.05, 0.1) is 11.1 Å². The fourth-order valence-electron chi connectivity index (χ4n) is 8.90. The van der Waals surface area contributed by atoms with Crippen molar-refractivity contribution in [2.75, 3.05) is 0 Å². The van der Waals surface area contributed by atoms with Crippen molar-refractivity contribution in [3.8, 4) is 44.6 Å². The number of fused-ring (bicyclic) bond motifs is 3. The maximum Gasteiger partial charge on any atom is 0.354 e. The van der Waals surface area contributed by atoms with Crippen LogP contribution < -0.4 is 0 Å². The summed E-state index contributed by atoms with van der Waals surface area (Å²) in [4.78, 5) is 24.2. The van der Waals surface area contributed by atoms with Crippen LogP contribution in [0.1, 0.15) is 66.4 Å². The molecule has 1 radical (unpaired) electrons. The van der Waals surface area contributed by atoms with Crippen molar-refractivity contribution in [3.63, 3.8) is 0 Å². The predicted octanol–water partition coefficient (Wildman–Crippen LogP) is 12.1. The first kappa shape index (κ1) is 40.9. The third kappa shape index (κ3) is 7.58. The van der Waals surface area contributed by atoms with E-state index < -0.39 is 11.4 Å². The molecule has 0 bridgehead atoms. The van der Waals surface area contributed by atoms with Gasteiger partial charge in [-0.15, -0.1) is 52.6 Å². The molecule has 6 heteroatoms. The molecular formula is C53H43IrN3O2-2. The van der Waals surface area contributed by atoms with Gasteiger partial charge in [-0.05, 0) is 105 Å². The summed E-state index contributed by atoms with van der Waals surface area (Å²) in [6.45, 7) is 13.2. The van der Waals surface area contributed by atoms with Crippen LogP contribution in [0, 0.1) is 53.7 Å².